The van der Waals surface area contributed by atoms with Crippen molar-refractivity contribution < 1.29 is 4.79 Å². The normalized spacial score (nSPS) is 17.6. The Hall–Kier alpha value is -1.38. The second-order valence-corrected chi connectivity index (χ2v) is 6.33. The summed E-state index contributed by atoms with van der Waals surface area (Å²) in [6.45, 7) is 5.38. The van der Waals surface area contributed by atoms with Crippen LogP contribution in [-0.2, 0) is 11.2 Å². The molecule has 1 amide bonds. The number of aliphatic imine (C=N–C) groups is 1. The van der Waals surface area contributed by atoms with Crippen molar-refractivity contribution in [3.05, 3.63) is 30.1 Å². The maximum atomic E-state index is 12.2. The van der Waals surface area contributed by atoms with E-state index in [9.17, 15) is 4.79 Å². The Kier molecular flexibility index (Phi) is 10.4. The number of hydrogen-bond donors (Lipinski definition) is 2. The second-order valence-electron chi connectivity index (χ2n) is 6.33. The summed E-state index contributed by atoms with van der Waals surface area (Å²) in [5, 5.41) is 6.46. The van der Waals surface area contributed by atoms with Gasteiger partial charge in [0.1, 0.15) is 0 Å². The van der Waals surface area contributed by atoms with Crippen molar-refractivity contribution in [3.8, 4) is 0 Å². The highest BCUT2D eigenvalue weighted by Crippen LogP contribution is 2.15. The fourth-order valence-electron chi connectivity index (χ4n) is 2.94. The third-order valence-corrected chi connectivity index (χ3v) is 4.26. The lowest BCUT2D eigenvalue weighted by molar-refractivity contribution is -0.132. The average molecular weight is 459 g/mol. The highest BCUT2D eigenvalue weighted by atomic mass is 127. The Morgan fingerprint density at radius 1 is 1.36 bits per heavy atom. The molecule has 0 aliphatic carbocycles. The van der Waals surface area contributed by atoms with Crippen molar-refractivity contribution in [3.63, 3.8) is 0 Å². The number of carbonyl (C=O) groups is 1. The number of aromatic nitrogens is 1. The molecular formula is C18H30IN5O. The summed E-state index contributed by atoms with van der Waals surface area (Å²) in [5.74, 6) is 1.58. The Labute approximate surface area is 167 Å². The molecule has 0 aromatic carbocycles. The number of nitrogens with one attached hydrogen (secondary N) is 2. The van der Waals surface area contributed by atoms with E-state index < -0.39 is 0 Å². The van der Waals surface area contributed by atoms with Gasteiger partial charge in [-0.05, 0) is 30.9 Å². The second kappa shape index (κ2) is 12.1. The molecule has 2 rings (SSSR count). The van der Waals surface area contributed by atoms with E-state index in [1.165, 1.54) is 6.42 Å². The molecule has 1 fully saturated rings. The van der Waals surface area contributed by atoms with Gasteiger partial charge in [-0.3, -0.25) is 14.8 Å². The molecule has 7 heteroatoms. The number of hydrogen-bond acceptors (Lipinski definition) is 3. The fourth-order valence-corrected chi connectivity index (χ4v) is 2.94. The molecule has 0 saturated carbocycles. The molecule has 1 aromatic heterocycles. The van der Waals surface area contributed by atoms with Crippen molar-refractivity contribution >= 4 is 35.8 Å². The first-order chi connectivity index (χ1) is 11.7. The van der Waals surface area contributed by atoms with Crippen LogP contribution in [0.3, 0.4) is 0 Å². The van der Waals surface area contributed by atoms with Crippen LogP contribution in [0.4, 0.5) is 0 Å². The molecule has 2 N–H and O–H groups in total. The van der Waals surface area contributed by atoms with Crippen molar-refractivity contribution in [1.29, 1.82) is 0 Å². The molecule has 1 atom stereocenters. The van der Waals surface area contributed by atoms with Gasteiger partial charge in [-0.2, -0.15) is 0 Å². The number of nitrogens with zero attached hydrogens (tertiary/aromatic N) is 3. The van der Waals surface area contributed by atoms with Crippen molar-refractivity contribution in [1.82, 2.24) is 20.5 Å². The van der Waals surface area contributed by atoms with Crippen molar-refractivity contribution in [2.75, 3.05) is 33.2 Å². The Morgan fingerprint density at radius 3 is 2.84 bits per heavy atom. The van der Waals surface area contributed by atoms with Crippen LogP contribution in [0, 0.1) is 5.92 Å². The summed E-state index contributed by atoms with van der Waals surface area (Å²) in [7, 11) is 1.74. The molecule has 0 spiro atoms. The Balaban J connectivity index is 0.00000312. The molecule has 0 bridgehead atoms. The zero-order valence-corrected chi connectivity index (χ0v) is 17.5. The minimum Gasteiger partial charge on any atom is -0.356 e. The van der Waals surface area contributed by atoms with E-state index in [1.807, 2.05) is 23.1 Å². The van der Waals surface area contributed by atoms with Gasteiger partial charge in [-0.15, -0.1) is 24.0 Å². The lowest BCUT2D eigenvalue weighted by Crippen LogP contribution is -2.42. The largest absolute Gasteiger partial charge is 0.356 e. The first kappa shape index (κ1) is 21.7. The van der Waals surface area contributed by atoms with Crippen LogP contribution in [0.15, 0.2) is 29.4 Å². The van der Waals surface area contributed by atoms with E-state index in [0.717, 1.165) is 44.1 Å². The number of amides is 1. The molecule has 1 aromatic rings. The SMILES string of the molecule is CN=C(NCCC(=O)N1CCCC(C)C1)NCCc1ccccn1.I. The maximum absolute atomic E-state index is 12.2. The Morgan fingerprint density at radius 2 is 2.16 bits per heavy atom. The zero-order chi connectivity index (χ0) is 17.2. The maximum Gasteiger partial charge on any atom is 0.224 e. The lowest BCUT2D eigenvalue weighted by atomic mass is 10.00. The zero-order valence-electron chi connectivity index (χ0n) is 15.2. The minimum atomic E-state index is 0. The van der Waals surface area contributed by atoms with Gasteiger partial charge in [0.25, 0.3) is 0 Å². The third kappa shape index (κ3) is 8.02. The van der Waals surface area contributed by atoms with Gasteiger partial charge in [-0.25, -0.2) is 0 Å². The van der Waals surface area contributed by atoms with E-state index >= 15 is 0 Å². The highest BCUT2D eigenvalue weighted by molar-refractivity contribution is 14.0. The van der Waals surface area contributed by atoms with E-state index in [-0.39, 0.29) is 29.9 Å². The van der Waals surface area contributed by atoms with Gasteiger partial charge >= 0.3 is 0 Å². The standard InChI is InChI=1S/C18H29N5O.HI/c1-15-6-5-13-23(14-15)17(24)9-12-22-18(19-2)21-11-8-16-7-3-4-10-20-16;/h3-4,7,10,15H,5-6,8-9,11-14H2,1-2H3,(H2,19,21,22);1H. The Bertz CT molecular complexity index is 538. The number of likely N-dealkylation sites (tertiary alicyclic amines) is 1. The molecule has 25 heavy (non-hydrogen) atoms. The molecular weight excluding hydrogens is 429 g/mol. The topological polar surface area (TPSA) is 69.6 Å². The first-order valence-electron chi connectivity index (χ1n) is 8.81. The summed E-state index contributed by atoms with van der Waals surface area (Å²) in [4.78, 5) is 22.7. The number of pyridine rings is 1. The van der Waals surface area contributed by atoms with Crippen LogP contribution in [0.25, 0.3) is 0 Å². The molecule has 1 aliphatic heterocycles. The van der Waals surface area contributed by atoms with Crippen molar-refractivity contribution in [2.24, 2.45) is 10.9 Å². The van der Waals surface area contributed by atoms with Crippen LogP contribution >= 0.6 is 24.0 Å². The number of piperidine rings is 1. The van der Waals surface area contributed by atoms with E-state index in [4.69, 9.17) is 0 Å². The molecule has 140 valence electrons. The van der Waals surface area contributed by atoms with Gasteiger partial charge in [0.2, 0.25) is 5.91 Å². The monoisotopic (exact) mass is 459 g/mol. The summed E-state index contributed by atoms with van der Waals surface area (Å²) >= 11 is 0. The summed E-state index contributed by atoms with van der Waals surface area (Å²) in [6.07, 6.45) is 5.50. The van der Waals surface area contributed by atoms with Gasteiger partial charge in [0.15, 0.2) is 5.96 Å². The fraction of sp³-hybridized carbons (Fsp3) is 0.611. The smallest absolute Gasteiger partial charge is 0.224 e. The molecule has 1 saturated heterocycles. The number of halogens is 1. The molecule has 2 heterocycles. The summed E-state index contributed by atoms with van der Waals surface area (Å²) in [5.41, 5.74) is 1.05. The number of guanidine groups is 1. The number of carbonyl (C=O) groups excluding carboxylic acids is 1. The van der Waals surface area contributed by atoms with E-state index in [1.54, 1.807) is 13.2 Å². The van der Waals surface area contributed by atoms with Gasteiger partial charge in [0.05, 0.1) is 0 Å². The van der Waals surface area contributed by atoms with E-state index in [0.29, 0.717) is 18.9 Å². The summed E-state index contributed by atoms with van der Waals surface area (Å²) < 4.78 is 0. The molecule has 1 unspecified atom stereocenters. The number of rotatable bonds is 6. The molecule has 1 aliphatic rings. The van der Waals surface area contributed by atoms with Gasteiger partial charge in [0, 0.05) is 58.0 Å². The van der Waals surface area contributed by atoms with Crippen LogP contribution in [0.2, 0.25) is 0 Å². The highest BCUT2D eigenvalue weighted by Gasteiger charge is 2.20. The van der Waals surface area contributed by atoms with Gasteiger partial charge in [-0.1, -0.05) is 13.0 Å². The van der Waals surface area contributed by atoms with Gasteiger partial charge < -0.3 is 15.5 Å². The van der Waals surface area contributed by atoms with Crippen LogP contribution < -0.4 is 10.6 Å². The molecule has 0 radical (unpaired) electrons. The first-order valence-corrected chi connectivity index (χ1v) is 8.81. The van der Waals surface area contributed by atoms with Crippen LogP contribution in [-0.4, -0.2) is 55.0 Å². The predicted octanol–water partition coefficient (Wildman–Crippen LogP) is 2.06. The molecule has 6 nitrogen and oxygen atoms in total. The minimum absolute atomic E-state index is 0. The van der Waals surface area contributed by atoms with Crippen LogP contribution in [0.1, 0.15) is 31.9 Å². The quantitative estimate of drug-likeness (QED) is 0.388. The summed E-state index contributed by atoms with van der Waals surface area (Å²) in [6, 6.07) is 5.91. The lowest BCUT2D eigenvalue weighted by Gasteiger charge is -2.31. The van der Waals surface area contributed by atoms with Crippen molar-refractivity contribution in [2.45, 2.75) is 32.6 Å². The van der Waals surface area contributed by atoms with Crippen LogP contribution in [0.5, 0.6) is 0 Å². The average Bonchev–Trinajstić information content (AvgIpc) is 2.61. The van der Waals surface area contributed by atoms with E-state index in [2.05, 4.69) is 27.5 Å². The predicted molar refractivity (Wildman–Crippen MR) is 112 cm³/mol. The third-order valence-electron chi connectivity index (χ3n) is 4.26.